The molecule has 0 saturated heterocycles. The Hall–Kier alpha value is -3.68. The van der Waals surface area contributed by atoms with E-state index in [1.54, 1.807) is 29.7 Å². The van der Waals surface area contributed by atoms with Gasteiger partial charge >= 0.3 is 0 Å². The number of rotatable bonds is 3. The zero-order chi connectivity index (χ0) is 18.3. The van der Waals surface area contributed by atoms with Gasteiger partial charge < -0.3 is 15.6 Å². The molecule has 1 aromatic carbocycles. The van der Waals surface area contributed by atoms with Crippen LogP contribution in [0.1, 0.15) is 21.9 Å². The lowest BCUT2D eigenvalue weighted by Gasteiger charge is -2.09. The molecule has 130 valence electrons. The highest BCUT2D eigenvalue weighted by Gasteiger charge is 2.15. The third kappa shape index (κ3) is 2.67. The second-order valence-corrected chi connectivity index (χ2v) is 5.92. The summed E-state index contributed by atoms with van der Waals surface area (Å²) in [7, 11) is 0. The van der Waals surface area contributed by atoms with E-state index in [-0.39, 0.29) is 5.91 Å². The van der Waals surface area contributed by atoms with Gasteiger partial charge in [0.1, 0.15) is 5.69 Å². The first-order valence-corrected chi connectivity index (χ1v) is 7.97. The van der Waals surface area contributed by atoms with Gasteiger partial charge in [0.15, 0.2) is 5.65 Å². The number of nitrogens with one attached hydrogen (secondary N) is 1. The van der Waals surface area contributed by atoms with Gasteiger partial charge in [0.25, 0.3) is 5.91 Å². The lowest BCUT2D eigenvalue weighted by Crippen LogP contribution is -2.15. The smallest absolute Gasteiger partial charge is 0.274 e. The average molecular weight is 348 g/mol. The van der Waals surface area contributed by atoms with Gasteiger partial charge in [0.05, 0.1) is 11.9 Å². The predicted molar refractivity (Wildman–Crippen MR) is 96.8 cm³/mol. The number of nitrogens with zero attached hydrogens (tertiary/aromatic N) is 4. The normalized spacial score (nSPS) is 11.0. The fraction of sp³-hybridized carbons (Fsp3) is 0.111. The van der Waals surface area contributed by atoms with Crippen LogP contribution >= 0.6 is 0 Å². The molecule has 0 aliphatic heterocycles. The topological polar surface area (TPSA) is 111 Å². The molecule has 0 atom stereocenters. The molecule has 8 nitrogen and oxygen atoms in total. The second-order valence-electron chi connectivity index (χ2n) is 5.92. The highest BCUT2D eigenvalue weighted by Crippen LogP contribution is 2.24. The quantitative estimate of drug-likeness (QED) is 0.589. The fourth-order valence-electron chi connectivity index (χ4n) is 2.70. The third-order valence-electron chi connectivity index (χ3n) is 4.07. The average Bonchev–Trinajstić information content (AvgIpc) is 3.24. The summed E-state index contributed by atoms with van der Waals surface area (Å²) in [5.74, 6) is 0.669. The molecule has 8 heteroatoms. The summed E-state index contributed by atoms with van der Waals surface area (Å²) in [5.41, 5.74) is 9.68. The van der Waals surface area contributed by atoms with E-state index in [4.69, 9.17) is 10.3 Å². The van der Waals surface area contributed by atoms with Crippen LogP contribution in [0.2, 0.25) is 0 Å². The molecule has 4 aromatic rings. The summed E-state index contributed by atoms with van der Waals surface area (Å²) < 4.78 is 6.68. The molecular weight excluding hydrogens is 332 g/mol. The lowest BCUT2D eigenvalue weighted by atomic mass is 10.1. The molecular formula is C18H16N6O2. The van der Waals surface area contributed by atoms with Crippen LogP contribution in [-0.2, 0) is 0 Å². The largest absolute Gasteiger partial charge is 0.396 e. The minimum absolute atomic E-state index is 0.285. The molecule has 0 aliphatic rings. The summed E-state index contributed by atoms with van der Waals surface area (Å²) in [6, 6.07) is 9.10. The molecule has 0 bridgehead atoms. The summed E-state index contributed by atoms with van der Waals surface area (Å²) in [6.07, 6.45) is 3.25. The first kappa shape index (κ1) is 15.8. The van der Waals surface area contributed by atoms with Crippen molar-refractivity contribution >= 4 is 22.9 Å². The molecule has 0 saturated carbocycles. The third-order valence-corrected chi connectivity index (χ3v) is 4.07. The van der Waals surface area contributed by atoms with Crippen LogP contribution in [0.3, 0.4) is 0 Å². The summed E-state index contributed by atoms with van der Waals surface area (Å²) >= 11 is 0. The number of pyridine rings is 1. The monoisotopic (exact) mass is 348 g/mol. The minimum atomic E-state index is -0.285. The highest BCUT2D eigenvalue weighted by atomic mass is 16.5. The molecule has 0 aliphatic carbocycles. The van der Waals surface area contributed by atoms with Crippen LogP contribution in [0.15, 0.2) is 47.2 Å². The van der Waals surface area contributed by atoms with Crippen molar-refractivity contribution in [3.8, 4) is 11.4 Å². The van der Waals surface area contributed by atoms with Crippen LogP contribution in [0, 0.1) is 13.8 Å². The number of imidazole rings is 1. The first-order valence-electron chi connectivity index (χ1n) is 7.97. The minimum Gasteiger partial charge on any atom is -0.396 e. The van der Waals surface area contributed by atoms with Crippen molar-refractivity contribution in [3.05, 3.63) is 59.9 Å². The molecule has 0 spiro atoms. The Balaban J connectivity index is 1.68. The van der Waals surface area contributed by atoms with Crippen LogP contribution in [0.4, 0.5) is 11.4 Å². The SMILES string of the molecule is Cc1nc(-c2ccc(C)c(NC(=O)c3cnc4c(N)cccn34)c2)no1. The van der Waals surface area contributed by atoms with E-state index in [9.17, 15) is 4.79 Å². The number of aryl methyl sites for hydroxylation is 2. The van der Waals surface area contributed by atoms with Gasteiger partial charge in [0.2, 0.25) is 11.7 Å². The Bertz CT molecular complexity index is 1130. The van der Waals surface area contributed by atoms with Gasteiger partial charge in [0, 0.05) is 24.4 Å². The van der Waals surface area contributed by atoms with Crippen LogP contribution in [-0.4, -0.2) is 25.4 Å². The maximum Gasteiger partial charge on any atom is 0.274 e. The Morgan fingerprint density at radius 3 is 2.88 bits per heavy atom. The Morgan fingerprint density at radius 1 is 1.27 bits per heavy atom. The molecule has 26 heavy (non-hydrogen) atoms. The van der Waals surface area contributed by atoms with Crippen molar-refractivity contribution in [1.82, 2.24) is 19.5 Å². The Kier molecular flexibility index (Phi) is 3.65. The maximum absolute atomic E-state index is 12.7. The molecule has 3 aromatic heterocycles. The van der Waals surface area contributed by atoms with Crippen molar-refractivity contribution in [2.75, 3.05) is 11.1 Å². The van der Waals surface area contributed by atoms with Crippen molar-refractivity contribution in [3.63, 3.8) is 0 Å². The number of hydrogen-bond acceptors (Lipinski definition) is 6. The van der Waals surface area contributed by atoms with Gasteiger partial charge in [-0.25, -0.2) is 4.98 Å². The number of nitrogen functional groups attached to an aromatic ring is 1. The maximum atomic E-state index is 12.7. The van der Waals surface area contributed by atoms with E-state index < -0.39 is 0 Å². The zero-order valence-corrected chi connectivity index (χ0v) is 14.2. The zero-order valence-electron chi connectivity index (χ0n) is 14.2. The van der Waals surface area contributed by atoms with Crippen molar-refractivity contribution in [2.24, 2.45) is 0 Å². The van der Waals surface area contributed by atoms with Crippen molar-refractivity contribution in [2.45, 2.75) is 13.8 Å². The van der Waals surface area contributed by atoms with E-state index in [1.807, 2.05) is 25.1 Å². The number of carbonyl (C=O) groups excluding carboxylic acids is 1. The number of aromatic nitrogens is 4. The number of benzene rings is 1. The van der Waals surface area contributed by atoms with E-state index in [0.29, 0.717) is 34.4 Å². The lowest BCUT2D eigenvalue weighted by molar-refractivity contribution is 0.102. The number of carbonyl (C=O) groups is 1. The fourth-order valence-corrected chi connectivity index (χ4v) is 2.70. The van der Waals surface area contributed by atoms with Crippen LogP contribution in [0.25, 0.3) is 17.0 Å². The number of amides is 1. The predicted octanol–water partition coefficient (Wildman–Crippen LogP) is 2.84. The summed E-state index contributed by atoms with van der Waals surface area (Å²) in [4.78, 5) is 21.2. The first-order chi connectivity index (χ1) is 12.5. The number of anilines is 2. The van der Waals surface area contributed by atoms with E-state index in [2.05, 4.69) is 20.4 Å². The number of nitrogens with two attached hydrogens (primary N) is 1. The summed E-state index contributed by atoms with van der Waals surface area (Å²) in [6.45, 7) is 3.64. The van der Waals surface area contributed by atoms with Gasteiger partial charge in [-0.1, -0.05) is 17.3 Å². The van der Waals surface area contributed by atoms with Crippen molar-refractivity contribution < 1.29 is 9.32 Å². The van der Waals surface area contributed by atoms with Gasteiger partial charge in [-0.15, -0.1) is 0 Å². The van der Waals surface area contributed by atoms with Crippen LogP contribution < -0.4 is 11.1 Å². The second kappa shape index (κ2) is 5.99. The molecule has 4 rings (SSSR count). The molecule has 0 fully saturated rings. The molecule has 0 unspecified atom stereocenters. The van der Waals surface area contributed by atoms with Crippen LogP contribution in [0.5, 0.6) is 0 Å². The molecule has 3 heterocycles. The standard InChI is InChI=1S/C18H16N6O2/c1-10-5-6-12(16-21-11(2)26-23-16)8-14(10)22-18(25)15-9-20-17-13(19)4-3-7-24(15)17/h3-9H,19H2,1-2H3,(H,22,25). The molecule has 1 amide bonds. The molecule has 0 radical (unpaired) electrons. The van der Waals surface area contributed by atoms with E-state index in [0.717, 1.165) is 11.1 Å². The number of hydrogen-bond donors (Lipinski definition) is 2. The Morgan fingerprint density at radius 2 is 2.12 bits per heavy atom. The van der Waals surface area contributed by atoms with Gasteiger partial charge in [-0.05, 0) is 30.7 Å². The van der Waals surface area contributed by atoms with Crippen molar-refractivity contribution in [1.29, 1.82) is 0 Å². The van der Waals surface area contributed by atoms with Gasteiger partial charge in [-0.2, -0.15) is 4.98 Å². The van der Waals surface area contributed by atoms with Gasteiger partial charge in [-0.3, -0.25) is 9.20 Å². The Labute approximate surface area is 148 Å². The number of fused-ring (bicyclic) bond motifs is 1. The van der Waals surface area contributed by atoms with E-state index in [1.165, 1.54) is 6.20 Å². The molecule has 3 N–H and O–H groups in total. The highest BCUT2D eigenvalue weighted by molar-refractivity contribution is 6.04. The summed E-state index contributed by atoms with van der Waals surface area (Å²) in [5, 5.41) is 6.82. The van der Waals surface area contributed by atoms with E-state index >= 15 is 0 Å².